The summed E-state index contributed by atoms with van der Waals surface area (Å²) in [7, 11) is -3.89. The molecule has 0 aliphatic heterocycles. The van der Waals surface area contributed by atoms with Crippen molar-refractivity contribution < 1.29 is 17.6 Å². The van der Waals surface area contributed by atoms with Crippen LogP contribution in [0.1, 0.15) is 5.56 Å². The van der Waals surface area contributed by atoms with Gasteiger partial charge in [-0.15, -0.1) is 0 Å². The van der Waals surface area contributed by atoms with Gasteiger partial charge in [-0.25, -0.2) is 17.5 Å². The fraction of sp³-hybridized carbons (Fsp3) is 0.133. The third kappa shape index (κ3) is 5.17. The Morgan fingerprint density at radius 2 is 1.71 bits per heavy atom. The molecule has 0 aromatic heterocycles. The third-order valence-corrected chi connectivity index (χ3v) is 5.16. The van der Waals surface area contributed by atoms with Crippen LogP contribution in [0.3, 0.4) is 0 Å². The second-order valence-corrected chi connectivity index (χ2v) is 7.39. The Morgan fingerprint density at radius 1 is 1.04 bits per heavy atom. The number of rotatable bonds is 6. The Labute approximate surface area is 148 Å². The summed E-state index contributed by atoms with van der Waals surface area (Å²) >= 11 is 11.5. The molecule has 0 unspecified atom stereocenters. The van der Waals surface area contributed by atoms with E-state index in [0.717, 1.165) is 0 Å². The molecule has 0 bridgehead atoms. The van der Waals surface area contributed by atoms with E-state index < -0.39 is 22.5 Å². The van der Waals surface area contributed by atoms with Gasteiger partial charge >= 0.3 is 0 Å². The molecule has 0 fully saturated rings. The fourth-order valence-corrected chi connectivity index (χ4v) is 3.12. The van der Waals surface area contributed by atoms with E-state index in [2.05, 4.69) is 10.0 Å². The van der Waals surface area contributed by atoms with Crippen LogP contribution >= 0.6 is 23.2 Å². The van der Waals surface area contributed by atoms with E-state index in [-0.39, 0.29) is 27.3 Å². The van der Waals surface area contributed by atoms with Crippen molar-refractivity contribution in [3.05, 3.63) is 63.9 Å². The molecule has 0 saturated heterocycles. The molecule has 9 heteroatoms. The molecule has 2 N–H and O–H groups in total. The van der Waals surface area contributed by atoms with E-state index in [1.54, 1.807) is 0 Å². The summed E-state index contributed by atoms with van der Waals surface area (Å²) in [5, 5.41) is 2.85. The molecule has 128 valence electrons. The Balaban J connectivity index is 1.90. The van der Waals surface area contributed by atoms with E-state index in [9.17, 15) is 17.6 Å². The molecule has 0 aliphatic rings. The van der Waals surface area contributed by atoms with Gasteiger partial charge in [0.2, 0.25) is 15.9 Å². The van der Waals surface area contributed by atoms with Crippen molar-refractivity contribution in [2.45, 2.75) is 11.4 Å². The zero-order valence-electron chi connectivity index (χ0n) is 12.2. The van der Waals surface area contributed by atoms with Gasteiger partial charge in [-0.1, -0.05) is 35.3 Å². The molecule has 0 atom stereocenters. The molecule has 0 aliphatic carbocycles. The summed E-state index contributed by atoms with van der Waals surface area (Å²) in [5.74, 6) is -0.901. The molecule has 0 saturated carbocycles. The second kappa shape index (κ2) is 7.94. The smallest absolute Gasteiger partial charge is 0.241 e. The fourth-order valence-electron chi connectivity index (χ4n) is 1.75. The minimum absolute atomic E-state index is 0.0942. The van der Waals surface area contributed by atoms with Crippen molar-refractivity contribution in [2.75, 3.05) is 6.54 Å². The summed E-state index contributed by atoms with van der Waals surface area (Å²) in [4.78, 5) is 11.6. The molecule has 1 amide bonds. The molecule has 2 rings (SSSR count). The van der Waals surface area contributed by atoms with Crippen LogP contribution in [0, 0.1) is 5.82 Å². The molecule has 24 heavy (non-hydrogen) atoms. The average molecular weight is 391 g/mol. The van der Waals surface area contributed by atoms with Gasteiger partial charge in [-0.3, -0.25) is 4.79 Å². The number of hydrogen-bond acceptors (Lipinski definition) is 3. The first kappa shape index (κ1) is 18.7. The van der Waals surface area contributed by atoms with Gasteiger partial charge < -0.3 is 5.32 Å². The predicted molar refractivity (Wildman–Crippen MR) is 89.9 cm³/mol. The van der Waals surface area contributed by atoms with Gasteiger partial charge in [-0.2, -0.15) is 0 Å². The normalized spacial score (nSPS) is 11.3. The molecule has 5 nitrogen and oxygen atoms in total. The third-order valence-electron chi connectivity index (χ3n) is 3.03. The molecule has 0 heterocycles. The number of halogens is 3. The van der Waals surface area contributed by atoms with Gasteiger partial charge in [0.25, 0.3) is 0 Å². The van der Waals surface area contributed by atoms with Gasteiger partial charge in [0, 0.05) is 6.54 Å². The highest BCUT2D eigenvalue weighted by Crippen LogP contribution is 2.24. The monoisotopic (exact) mass is 390 g/mol. The summed E-state index contributed by atoms with van der Waals surface area (Å²) in [6.45, 7) is -0.280. The Bertz CT molecular complexity index is 842. The quantitative estimate of drug-likeness (QED) is 0.795. The Morgan fingerprint density at radius 3 is 2.33 bits per heavy atom. The highest BCUT2D eigenvalue weighted by Gasteiger charge is 2.16. The van der Waals surface area contributed by atoms with Gasteiger partial charge in [0.05, 0.1) is 21.5 Å². The predicted octanol–water partition coefficient (Wildman–Crippen LogP) is 2.73. The Hall–Kier alpha value is -1.67. The summed E-state index contributed by atoms with van der Waals surface area (Å²) in [6, 6.07) is 9.43. The molecule has 2 aromatic carbocycles. The van der Waals surface area contributed by atoms with Crippen LogP contribution in [0.5, 0.6) is 0 Å². The maximum atomic E-state index is 12.8. The lowest BCUT2D eigenvalue weighted by Crippen LogP contribution is -2.36. The van der Waals surface area contributed by atoms with Crippen molar-refractivity contribution in [3.63, 3.8) is 0 Å². The lowest BCUT2D eigenvalue weighted by Gasteiger charge is -2.08. The average Bonchev–Trinajstić information content (AvgIpc) is 2.55. The standard InChI is InChI=1S/C15H13Cl2FN2O3S/c16-13-6-5-12(7-14(13)17)24(22,23)20-9-15(21)19-8-10-1-3-11(18)4-2-10/h1-7,20H,8-9H2,(H,19,21). The lowest BCUT2D eigenvalue weighted by atomic mass is 10.2. The van der Waals surface area contributed by atoms with Crippen LogP contribution in [0.25, 0.3) is 0 Å². The van der Waals surface area contributed by atoms with Gasteiger partial charge in [-0.05, 0) is 35.9 Å². The highest BCUT2D eigenvalue weighted by atomic mass is 35.5. The maximum Gasteiger partial charge on any atom is 0.241 e. The van der Waals surface area contributed by atoms with Crippen molar-refractivity contribution in [1.29, 1.82) is 0 Å². The number of amides is 1. The first-order valence-corrected chi connectivity index (χ1v) is 8.98. The number of sulfonamides is 1. The van der Waals surface area contributed by atoms with Crippen molar-refractivity contribution in [3.8, 4) is 0 Å². The number of benzene rings is 2. The van der Waals surface area contributed by atoms with Crippen molar-refractivity contribution in [2.24, 2.45) is 0 Å². The van der Waals surface area contributed by atoms with Gasteiger partial charge in [0.15, 0.2) is 0 Å². The van der Waals surface area contributed by atoms with E-state index >= 15 is 0 Å². The molecular formula is C15H13Cl2FN2O3S. The molecule has 2 aromatic rings. The number of carbonyl (C=O) groups excluding carboxylic acids is 1. The van der Waals surface area contributed by atoms with Crippen LogP contribution in [0.2, 0.25) is 10.0 Å². The van der Waals surface area contributed by atoms with Crippen molar-refractivity contribution >= 4 is 39.1 Å². The minimum Gasteiger partial charge on any atom is -0.351 e. The zero-order chi connectivity index (χ0) is 17.7. The Kier molecular flexibility index (Phi) is 6.17. The van der Waals surface area contributed by atoms with E-state index in [1.807, 2.05) is 0 Å². The minimum atomic E-state index is -3.89. The molecule has 0 radical (unpaired) electrons. The first-order valence-electron chi connectivity index (χ1n) is 6.74. The number of hydrogen-bond donors (Lipinski definition) is 2. The van der Waals surface area contributed by atoms with Crippen molar-refractivity contribution in [1.82, 2.24) is 10.0 Å². The first-order chi connectivity index (χ1) is 11.3. The van der Waals surface area contributed by atoms with Crippen LogP contribution in [-0.2, 0) is 21.4 Å². The van der Waals surface area contributed by atoms with E-state index in [4.69, 9.17) is 23.2 Å². The highest BCUT2D eigenvalue weighted by molar-refractivity contribution is 7.89. The van der Waals surface area contributed by atoms with Gasteiger partial charge in [0.1, 0.15) is 5.82 Å². The lowest BCUT2D eigenvalue weighted by molar-refractivity contribution is -0.120. The van der Waals surface area contributed by atoms with E-state index in [1.165, 1.54) is 42.5 Å². The molecular weight excluding hydrogens is 378 g/mol. The number of nitrogens with one attached hydrogen (secondary N) is 2. The van der Waals surface area contributed by atoms with E-state index in [0.29, 0.717) is 5.56 Å². The topological polar surface area (TPSA) is 75.3 Å². The van der Waals surface area contributed by atoms with Crippen LogP contribution in [-0.4, -0.2) is 20.9 Å². The maximum absolute atomic E-state index is 12.8. The van der Waals surface area contributed by atoms with Crippen LogP contribution in [0.15, 0.2) is 47.4 Å². The summed E-state index contributed by atoms with van der Waals surface area (Å²) in [6.07, 6.45) is 0. The van der Waals surface area contributed by atoms with Crippen LogP contribution < -0.4 is 10.0 Å². The zero-order valence-corrected chi connectivity index (χ0v) is 14.6. The summed E-state index contributed by atoms with van der Waals surface area (Å²) < 4.78 is 39.1. The summed E-state index contributed by atoms with van der Waals surface area (Å²) in [5.41, 5.74) is 0.692. The van der Waals surface area contributed by atoms with Crippen LogP contribution in [0.4, 0.5) is 4.39 Å². The SMILES string of the molecule is O=C(CNS(=O)(=O)c1ccc(Cl)c(Cl)c1)NCc1ccc(F)cc1. The molecule has 0 spiro atoms. The largest absolute Gasteiger partial charge is 0.351 e. The number of carbonyl (C=O) groups is 1. The second-order valence-electron chi connectivity index (χ2n) is 4.80.